The Bertz CT molecular complexity index is 948. The van der Waals surface area contributed by atoms with Gasteiger partial charge in [0.05, 0.1) is 29.6 Å². The molecule has 0 spiro atoms. The first kappa shape index (κ1) is 17.8. The number of carbonyl (C=O) groups excluding carboxylic acids is 1. The number of methoxy groups -OCH3 is 1. The van der Waals surface area contributed by atoms with Gasteiger partial charge in [-0.05, 0) is 12.1 Å². The van der Waals surface area contributed by atoms with Gasteiger partial charge in [-0.2, -0.15) is 23.7 Å². The highest BCUT2D eigenvalue weighted by atomic mass is 19.4. The van der Waals surface area contributed by atoms with Crippen LogP contribution in [0.2, 0.25) is 0 Å². The molecule has 6 nitrogen and oxygen atoms in total. The molecule has 0 aliphatic heterocycles. The first-order chi connectivity index (χ1) is 11.7. The van der Waals surface area contributed by atoms with Gasteiger partial charge >= 0.3 is 12.1 Å². The minimum Gasteiger partial charge on any atom is -0.464 e. The molecule has 25 heavy (non-hydrogen) atoms. The number of nitrogens with two attached hydrogens (primary N) is 1. The van der Waals surface area contributed by atoms with E-state index in [1.165, 1.54) is 6.07 Å². The van der Waals surface area contributed by atoms with Crippen molar-refractivity contribution >= 4 is 11.7 Å². The van der Waals surface area contributed by atoms with Crippen molar-refractivity contribution in [1.82, 2.24) is 4.57 Å². The van der Waals surface area contributed by atoms with Crippen molar-refractivity contribution in [3.8, 4) is 17.8 Å². The van der Waals surface area contributed by atoms with Gasteiger partial charge in [-0.25, -0.2) is 9.18 Å². The summed E-state index contributed by atoms with van der Waals surface area (Å²) in [6, 6.07) is 4.41. The summed E-state index contributed by atoms with van der Waals surface area (Å²) in [7, 11) is 0.951. The lowest BCUT2D eigenvalue weighted by Crippen LogP contribution is -2.18. The van der Waals surface area contributed by atoms with Gasteiger partial charge in [-0.3, -0.25) is 0 Å². The van der Waals surface area contributed by atoms with Crippen LogP contribution in [0.1, 0.15) is 27.2 Å². The highest BCUT2D eigenvalue weighted by Crippen LogP contribution is 2.39. The summed E-state index contributed by atoms with van der Waals surface area (Å²) in [5.74, 6) is -2.80. The number of rotatable bonds is 2. The Morgan fingerprint density at radius 2 is 1.84 bits per heavy atom. The SMILES string of the molecule is COC(=O)c1c(N)c(C#N)cn1-c1c(C#N)ccc(F)c1C(F)(F)F. The molecule has 2 aromatic rings. The van der Waals surface area contributed by atoms with Crippen LogP contribution in [0.15, 0.2) is 18.3 Å². The van der Waals surface area contributed by atoms with Crippen molar-refractivity contribution in [3.63, 3.8) is 0 Å². The average molecular weight is 352 g/mol. The summed E-state index contributed by atoms with van der Waals surface area (Å²) in [5, 5.41) is 18.1. The van der Waals surface area contributed by atoms with Gasteiger partial charge in [-0.15, -0.1) is 0 Å². The Hall–Kier alpha value is -3.53. The van der Waals surface area contributed by atoms with Gasteiger partial charge in [0.1, 0.15) is 23.5 Å². The maximum absolute atomic E-state index is 13.9. The zero-order chi connectivity index (χ0) is 18.9. The molecule has 2 rings (SSSR count). The molecular formula is C15H8F4N4O2. The van der Waals surface area contributed by atoms with Crippen LogP contribution in [0.25, 0.3) is 5.69 Å². The second-order valence-corrected chi connectivity index (χ2v) is 4.71. The predicted octanol–water partition coefficient (Wildman–Crippen LogP) is 2.75. The molecule has 0 saturated carbocycles. The van der Waals surface area contributed by atoms with E-state index in [0.29, 0.717) is 10.6 Å². The van der Waals surface area contributed by atoms with E-state index in [9.17, 15) is 22.4 Å². The third-order valence-corrected chi connectivity index (χ3v) is 3.32. The number of nitrogen functional groups attached to an aromatic ring is 1. The Balaban J connectivity index is 3.03. The van der Waals surface area contributed by atoms with Gasteiger partial charge in [-0.1, -0.05) is 0 Å². The van der Waals surface area contributed by atoms with E-state index in [1.807, 2.05) is 0 Å². The van der Waals surface area contributed by atoms with Crippen LogP contribution in [0.4, 0.5) is 23.2 Å². The number of hydrogen-bond donors (Lipinski definition) is 1. The summed E-state index contributed by atoms with van der Waals surface area (Å²) in [6.45, 7) is 0. The van der Waals surface area contributed by atoms with E-state index in [0.717, 1.165) is 19.4 Å². The Morgan fingerprint density at radius 1 is 1.24 bits per heavy atom. The van der Waals surface area contributed by atoms with E-state index < -0.39 is 46.2 Å². The predicted molar refractivity (Wildman–Crippen MR) is 75.9 cm³/mol. The molecule has 0 unspecified atom stereocenters. The maximum Gasteiger partial charge on any atom is 0.421 e. The standard InChI is InChI=1S/C15H8F4N4O2/c1-25-14(24)13-11(22)8(5-21)6-23(13)12-7(4-20)2-3-9(16)10(12)15(17,18)19/h2-3,6H,22H2,1H3. The van der Waals surface area contributed by atoms with Crippen LogP contribution in [-0.4, -0.2) is 17.6 Å². The van der Waals surface area contributed by atoms with Crippen molar-refractivity contribution in [2.24, 2.45) is 0 Å². The minimum atomic E-state index is -5.18. The zero-order valence-corrected chi connectivity index (χ0v) is 12.5. The lowest BCUT2D eigenvalue weighted by Gasteiger charge is -2.17. The molecule has 0 atom stereocenters. The van der Waals surface area contributed by atoms with Crippen LogP contribution in [0.3, 0.4) is 0 Å². The summed E-state index contributed by atoms with van der Waals surface area (Å²) < 4.78 is 58.9. The Morgan fingerprint density at radius 3 is 2.32 bits per heavy atom. The van der Waals surface area contributed by atoms with Gasteiger partial charge in [0, 0.05) is 6.20 Å². The number of nitrogens with zero attached hydrogens (tertiary/aromatic N) is 3. The molecule has 0 aliphatic carbocycles. The molecule has 0 aliphatic rings. The molecule has 0 fully saturated rings. The molecule has 1 aromatic heterocycles. The quantitative estimate of drug-likeness (QED) is 0.661. The van der Waals surface area contributed by atoms with Gasteiger partial charge in [0.25, 0.3) is 0 Å². The summed E-state index contributed by atoms with van der Waals surface area (Å²) >= 11 is 0. The van der Waals surface area contributed by atoms with Gasteiger partial charge in [0.2, 0.25) is 0 Å². The van der Waals surface area contributed by atoms with Gasteiger partial charge in [0.15, 0.2) is 5.69 Å². The third kappa shape index (κ3) is 2.85. The highest BCUT2D eigenvalue weighted by Gasteiger charge is 2.40. The van der Waals surface area contributed by atoms with Crippen LogP contribution in [0, 0.1) is 28.5 Å². The molecular weight excluding hydrogens is 344 g/mol. The molecule has 2 N–H and O–H groups in total. The molecule has 0 amide bonds. The molecule has 10 heteroatoms. The first-order valence-corrected chi connectivity index (χ1v) is 6.46. The van der Waals surface area contributed by atoms with Crippen molar-refractivity contribution in [1.29, 1.82) is 10.5 Å². The number of anilines is 1. The fourth-order valence-corrected chi connectivity index (χ4v) is 2.27. The number of hydrogen-bond acceptors (Lipinski definition) is 5. The second kappa shape index (κ2) is 6.17. The second-order valence-electron chi connectivity index (χ2n) is 4.71. The fourth-order valence-electron chi connectivity index (χ4n) is 2.27. The summed E-state index contributed by atoms with van der Waals surface area (Å²) in [5.41, 5.74) is 0.923. The van der Waals surface area contributed by atoms with Crippen molar-refractivity contribution in [2.45, 2.75) is 6.18 Å². The van der Waals surface area contributed by atoms with E-state index in [2.05, 4.69) is 4.74 Å². The fraction of sp³-hybridized carbons (Fsp3) is 0.133. The number of benzene rings is 1. The topological polar surface area (TPSA) is 105 Å². The number of nitriles is 2. The number of alkyl halides is 3. The van der Waals surface area contributed by atoms with Crippen molar-refractivity contribution < 1.29 is 27.1 Å². The van der Waals surface area contributed by atoms with E-state index in [4.69, 9.17) is 16.3 Å². The minimum absolute atomic E-state index is 0.332. The molecule has 0 bridgehead atoms. The normalized spacial score (nSPS) is 10.8. The number of carbonyl (C=O) groups is 1. The number of esters is 1. The summed E-state index contributed by atoms with van der Waals surface area (Å²) in [4.78, 5) is 11.9. The first-order valence-electron chi connectivity index (χ1n) is 6.46. The number of ether oxygens (including phenoxy) is 1. The number of halogens is 4. The van der Waals surface area contributed by atoms with Crippen LogP contribution in [-0.2, 0) is 10.9 Å². The average Bonchev–Trinajstić information content (AvgIpc) is 2.88. The molecule has 128 valence electrons. The molecule has 0 saturated heterocycles. The lowest BCUT2D eigenvalue weighted by atomic mass is 10.1. The van der Waals surface area contributed by atoms with E-state index in [1.54, 1.807) is 6.07 Å². The highest BCUT2D eigenvalue weighted by molar-refractivity contribution is 5.96. The molecule has 1 heterocycles. The van der Waals surface area contributed by atoms with Crippen LogP contribution in [0.5, 0.6) is 0 Å². The molecule has 1 aromatic carbocycles. The van der Waals surface area contributed by atoms with E-state index in [-0.39, 0.29) is 5.56 Å². The Kier molecular flexibility index (Phi) is 4.40. The number of aromatic nitrogens is 1. The Labute approximate surface area is 138 Å². The monoisotopic (exact) mass is 352 g/mol. The van der Waals surface area contributed by atoms with Crippen molar-refractivity contribution in [3.05, 3.63) is 46.5 Å². The zero-order valence-electron chi connectivity index (χ0n) is 12.5. The smallest absolute Gasteiger partial charge is 0.421 e. The van der Waals surface area contributed by atoms with Crippen LogP contribution >= 0.6 is 0 Å². The maximum atomic E-state index is 13.9. The lowest BCUT2D eigenvalue weighted by molar-refractivity contribution is -0.139. The van der Waals surface area contributed by atoms with E-state index >= 15 is 0 Å². The van der Waals surface area contributed by atoms with Crippen LogP contribution < -0.4 is 5.73 Å². The van der Waals surface area contributed by atoms with Gasteiger partial charge < -0.3 is 15.0 Å². The summed E-state index contributed by atoms with van der Waals surface area (Å²) in [6.07, 6.45) is -4.36. The molecule has 0 radical (unpaired) electrons. The largest absolute Gasteiger partial charge is 0.464 e. The third-order valence-electron chi connectivity index (χ3n) is 3.32. The van der Waals surface area contributed by atoms with Crippen molar-refractivity contribution in [2.75, 3.05) is 12.8 Å².